The molecule has 0 atom stereocenters. The molecule has 0 spiro atoms. The van der Waals surface area contributed by atoms with E-state index in [1.165, 1.54) is 0 Å². The van der Waals surface area contributed by atoms with Gasteiger partial charge in [-0.3, -0.25) is 9.20 Å². The van der Waals surface area contributed by atoms with E-state index in [1.807, 2.05) is 77.2 Å². The number of hydrogen-bond acceptors (Lipinski definition) is 4. The van der Waals surface area contributed by atoms with Crippen molar-refractivity contribution in [3.05, 3.63) is 144 Å². The van der Waals surface area contributed by atoms with E-state index in [0.29, 0.717) is 11.2 Å². The molecule has 3 aromatic heterocycles. The second kappa shape index (κ2) is 9.21. The first kappa shape index (κ1) is 23.2. The van der Waals surface area contributed by atoms with Crippen LogP contribution in [0.4, 0.5) is 0 Å². The Kier molecular flexibility index (Phi) is 5.22. The second-order valence-corrected chi connectivity index (χ2v) is 10.1. The molecule has 8 rings (SSSR count). The van der Waals surface area contributed by atoms with Crippen LogP contribution in [0.15, 0.2) is 139 Å². The zero-order valence-corrected chi connectivity index (χ0v) is 21.9. The van der Waals surface area contributed by atoms with E-state index in [-0.39, 0.29) is 5.56 Å². The fourth-order valence-corrected chi connectivity index (χ4v) is 5.76. The topological polar surface area (TPSA) is 60.2 Å². The lowest BCUT2D eigenvalue weighted by molar-refractivity contribution is 1.11. The Balaban J connectivity index is 1.35. The molecule has 0 aliphatic heterocycles. The third-order valence-corrected chi connectivity index (χ3v) is 7.67. The third-order valence-electron chi connectivity index (χ3n) is 7.67. The van der Waals surface area contributed by atoms with Gasteiger partial charge in [-0.25, -0.2) is 9.97 Å². The monoisotopic (exact) mass is 526 g/mol. The fraction of sp³-hybridized carbons (Fsp3) is 0. The minimum Gasteiger partial charge on any atom is -0.299 e. The van der Waals surface area contributed by atoms with Crippen molar-refractivity contribution in [2.24, 2.45) is 0 Å². The van der Waals surface area contributed by atoms with Crippen LogP contribution in [0.2, 0.25) is 0 Å². The van der Waals surface area contributed by atoms with Gasteiger partial charge in [0.1, 0.15) is 6.33 Å². The Hall–Kier alpha value is -5.68. The largest absolute Gasteiger partial charge is 0.299 e. The molecule has 5 heteroatoms. The standard InChI is InChI=1S/C36H22N4O/c41-36-29-19-18-27(33-28-16-7-8-17-32(28)40(22-37-36)34(29)33)25-14-9-15-26(20-25)31-21-30(23-10-3-1-4-11-23)38-35(39-31)24-12-5-2-6-13-24/h1-22H. The molecule has 41 heavy (non-hydrogen) atoms. The van der Waals surface area contributed by atoms with E-state index in [2.05, 4.69) is 59.6 Å². The molecule has 0 saturated carbocycles. The predicted octanol–water partition coefficient (Wildman–Crippen LogP) is 7.90. The molecule has 5 aromatic carbocycles. The van der Waals surface area contributed by atoms with Gasteiger partial charge in [-0.15, -0.1) is 0 Å². The summed E-state index contributed by atoms with van der Waals surface area (Å²) in [6.45, 7) is 0. The average Bonchev–Trinajstić information content (AvgIpc) is 3.38. The first-order valence-corrected chi connectivity index (χ1v) is 13.5. The van der Waals surface area contributed by atoms with Crippen molar-refractivity contribution in [2.45, 2.75) is 0 Å². The van der Waals surface area contributed by atoms with Gasteiger partial charge in [-0.2, -0.15) is 4.98 Å². The predicted molar refractivity (Wildman–Crippen MR) is 165 cm³/mol. The highest BCUT2D eigenvalue weighted by Crippen LogP contribution is 2.39. The summed E-state index contributed by atoms with van der Waals surface area (Å²) in [5.41, 5.74) is 8.53. The molecule has 0 unspecified atom stereocenters. The maximum absolute atomic E-state index is 12.7. The van der Waals surface area contributed by atoms with E-state index in [1.54, 1.807) is 6.33 Å². The Morgan fingerprint density at radius 3 is 2.00 bits per heavy atom. The molecule has 3 heterocycles. The zero-order valence-electron chi connectivity index (χ0n) is 21.9. The van der Waals surface area contributed by atoms with Crippen LogP contribution in [0.3, 0.4) is 0 Å². The maximum atomic E-state index is 12.7. The van der Waals surface area contributed by atoms with Gasteiger partial charge in [0.25, 0.3) is 5.56 Å². The lowest BCUT2D eigenvalue weighted by Crippen LogP contribution is -2.07. The lowest BCUT2D eigenvalue weighted by atomic mass is 9.96. The zero-order chi connectivity index (χ0) is 27.3. The minimum absolute atomic E-state index is 0.214. The molecule has 0 radical (unpaired) electrons. The van der Waals surface area contributed by atoms with Gasteiger partial charge in [0.2, 0.25) is 0 Å². The summed E-state index contributed by atoms with van der Waals surface area (Å²) in [7, 11) is 0. The lowest BCUT2D eigenvalue weighted by Gasteiger charge is -2.11. The van der Waals surface area contributed by atoms with Crippen molar-refractivity contribution in [3.8, 4) is 45.0 Å². The molecule has 0 bridgehead atoms. The quantitative estimate of drug-likeness (QED) is 0.234. The normalized spacial score (nSPS) is 11.5. The van der Waals surface area contributed by atoms with Crippen LogP contribution in [0.1, 0.15) is 0 Å². The first-order valence-electron chi connectivity index (χ1n) is 13.5. The van der Waals surface area contributed by atoms with Crippen molar-refractivity contribution < 1.29 is 0 Å². The molecule has 8 aromatic rings. The smallest absolute Gasteiger partial charge is 0.280 e. The fourth-order valence-electron chi connectivity index (χ4n) is 5.76. The molecule has 192 valence electrons. The summed E-state index contributed by atoms with van der Waals surface area (Å²) in [5, 5.41) is 2.76. The highest BCUT2D eigenvalue weighted by Gasteiger charge is 2.18. The van der Waals surface area contributed by atoms with Crippen LogP contribution in [-0.2, 0) is 0 Å². The Labute approximate surface area is 235 Å². The molecule has 5 nitrogen and oxygen atoms in total. The van der Waals surface area contributed by atoms with Gasteiger partial charge in [-0.1, -0.05) is 103 Å². The number of para-hydroxylation sites is 1. The Morgan fingerprint density at radius 1 is 0.537 bits per heavy atom. The Morgan fingerprint density at radius 2 is 1.20 bits per heavy atom. The average molecular weight is 527 g/mol. The maximum Gasteiger partial charge on any atom is 0.280 e. The molecular formula is C36H22N4O. The summed E-state index contributed by atoms with van der Waals surface area (Å²) in [5.74, 6) is 0.683. The molecular weight excluding hydrogens is 504 g/mol. The number of aromatic nitrogens is 4. The van der Waals surface area contributed by atoms with Gasteiger partial charge < -0.3 is 0 Å². The van der Waals surface area contributed by atoms with E-state index in [0.717, 1.165) is 61.0 Å². The van der Waals surface area contributed by atoms with Crippen molar-refractivity contribution in [2.75, 3.05) is 0 Å². The number of rotatable bonds is 4. The summed E-state index contributed by atoms with van der Waals surface area (Å²) in [4.78, 5) is 26.8. The van der Waals surface area contributed by atoms with E-state index in [9.17, 15) is 4.79 Å². The minimum atomic E-state index is -0.214. The summed E-state index contributed by atoms with van der Waals surface area (Å²) in [6, 6.07) is 42.9. The van der Waals surface area contributed by atoms with Crippen molar-refractivity contribution in [1.82, 2.24) is 19.4 Å². The van der Waals surface area contributed by atoms with Crippen LogP contribution in [0.25, 0.3) is 72.2 Å². The first-order chi connectivity index (χ1) is 20.2. The van der Waals surface area contributed by atoms with Crippen LogP contribution in [-0.4, -0.2) is 19.4 Å². The van der Waals surface area contributed by atoms with Gasteiger partial charge in [0.05, 0.1) is 27.8 Å². The van der Waals surface area contributed by atoms with Crippen LogP contribution >= 0.6 is 0 Å². The second-order valence-electron chi connectivity index (χ2n) is 10.1. The summed E-state index contributed by atoms with van der Waals surface area (Å²) < 4.78 is 2.03. The number of hydrogen-bond donors (Lipinski definition) is 0. The summed E-state index contributed by atoms with van der Waals surface area (Å²) in [6.07, 6.45) is 1.64. The number of nitrogens with zero attached hydrogens (tertiary/aromatic N) is 4. The van der Waals surface area contributed by atoms with Crippen molar-refractivity contribution in [1.29, 1.82) is 0 Å². The van der Waals surface area contributed by atoms with E-state index < -0.39 is 0 Å². The summed E-state index contributed by atoms with van der Waals surface area (Å²) >= 11 is 0. The van der Waals surface area contributed by atoms with Crippen molar-refractivity contribution >= 4 is 27.2 Å². The van der Waals surface area contributed by atoms with E-state index in [4.69, 9.17) is 9.97 Å². The van der Waals surface area contributed by atoms with Crippen LogP contribution < -0.4 is 5.56 Å². The molecule has 0 fully saturated rings. The van der Waals surface area contributed by atoms with Gasteiger partial charge in [-0.05, 0) is 35.4 Å². The highest BCUT2D eigenvalue weighted by atomic mass is 16.1. The third kappa shape index (κ3) is 3.79. The van der Waals surface area contributed by atoms with Crippen molar-refractivity contribution in [3.63, 3.8) is 0 Å². The molecule has 0 saturated heterocycles. The van der Waals surface area contributed by atoms with Gasteiger partial charge in [0.15, 0.2) is 5.82 Å². The molecule has 0 aliphatic rings. The molecule has 0 amide bonds. The number of fused-ring (bicyclic) bond motifs is 3. The highest BCUT2D eigenvalue weighted by molar-refractivity contribution is 6.19. The Bertz CT molecular complexity index is 2220. The van der Waals surface area contributed by atoms with Gasteiger partial charge in [0, 0.05) is 27.5 Å². The van der Waals surface area contributed by atoms with Crippen LogP contribution in [0, 0.1) is 0 Å². The van der Waals surface area contributed by atoms with Crippen LogP contribution in [0.5, 0.6) is 0 Å². The molecule has 0 aliphatic carbocycles. The number of benzene rings is 5. The SMILES string of the molecule is O=c1ncn2c3ccccc3c3c(-c4cccc(-c5cc(-c6ccccc6)nc(-c6ccccc6)n5)c4)ccc1c32. The molecule has 0 N–H and O–H groups in total. The van der Waals surface area contributed by atoms with E-state index >= 15 is 0 Å². The van der Waals surface area contributed by atoms with Gasteiger partial charge >= 0.3 is 0 Å².